The van der Waals surface area contributed by atoms with Crippen molar-refractivity contribution in [1.29, 1.82) is 0 Å². The maximum atomic E-state index is 12.8. The van der Waals surface area contributed by atoms with E-state index in [0.717, 1.165) is 42.6 Å². The molecular weight excluding hydrogens is 318 g/mol. The van der Waals surface area contributed by atoms with Crippen LogP contribution in [0.1, 0.15) is 48.0 Å². The van der Waals surface area contributed by atoms with Crippen LogP contribution in [0, 0.1) is 0 Å². The Morgan fingerprint density at radius 2 is 2.00 bits per heavy atom. The second-order valence-electron chi connectivity index (χ2n) is 6.80. The molecule has 2 aromatic rings. The summed E-state index contributed by atoms with van der Waals surface area (Å²) in [5.74, 6) is -0.148. The number of amides is 2. The van der Waals surface area contributed by atoms with Gasteiger partial charge in [0.15, 0.2) is 0 Å². The van der Waals surface area contributed by atoms with Crippen molar-refractivity contribution in [2.45, 2.75) is 51.1 Å². The molecular formula is C19H21N3O3. The number of benzene rings is 1. The fourth-order valence-electron chi connectivity index (χ4n) is 3.82. The molecule has 2 unspecified atom stereocenters. The molecule has 25 heavy (non-hydrogen) atoms. The number of fused-ring (bicyclic) bond motifs is 1. The third kappa shape index (κ3) is 2.81. The van der Waals surface area contributed by atoms with E-state index in [-0.39, 0.29) is 23.6 Å². The summed E-state index contributed by atoms with van der Waals surface area (Å²) >= 11 is 0. The molecule has 1 aliphatic heterocycles. The summed E-state index contributed by atoms with van der Waals surface area (Å²) in [6, 6.07) is 9.04. The number of hydrogen-bond acceptors (Lipinski definition) is 4. The number of para-hydroxylation sites is 1. The van der Waals surface area contributed by atoms with E-state index in [2.05, 4.69) is 10.5 Å². The summed E-state index contributed by atoms with van der Waals surface area (Å²) in [5, 5.41) is 6.87. The molecule has 1 aromatic heterocycles. The molecule has 6 heteroatoms. The molecule has 1 fully saturated rings. The standard InChI is InChI=1S/C19H21N3O3/c1-12-11-16(19(24)22(12)13-7-3-2-4-8-13)20-18(23)17-14-9-5-6-10-15(14)21-25-17/h2-4,7-8,12,16H,5-6,9-11H2,1H3,(H,20,23). The van der Waals surface area contributed by atoms with Crippen LogP contribution in [-0.2, 0) is 17.6 Å². The Morgan fingerprint density at radius 3 is 2.80 bits per heavy atom. The van der Waals surface area contributed by atoms with E-state index in [0.29, 0.717) is 6.42 Å². The average molecular weight is 339 g/mol. The fourth-order valence-corrected chi connectivity index (χ4v) is 3.82. The Hall–Kier alpha value is -2.63. The van der Waals surface area contributed by atoms with Crippen molar-refractivity contribution in [3.05, 3.63) is 47.3 Å². The predicted molar refractivity (Wildman–Crippen MR) is 92.4 cm³/mol. The number of aryl methyl sites for hydroxylation is 1. The van der Waals surface area contributed by atoms with Gasteiger partial charge in [0.05, 0.1) is 5.69 Å². The van der Waals surface area contributed by atoms with Crippen molar-refractivity contribution >= 4 is 17.5 Å². The van der Waals surface area contributed by atoms with Crippen LogP contribution < -0.4 is 10.2 Å². The van der Waals surface area contributed by atoms with Gasteiger partial charge in [0.2, 0.25) is 11.7 Å². The first-order valence-corrected chi connectivity index (χ1v) is 8.81. The first-order chi connectivity index (χ1) is 12.1. The summed E-state index contributed by atoms with van der Waals surface area (Å²) < 4.78 is 5.28. The average Bonchev–Trinajstić information content (AvgIpc) is 3.17. The third-order valence-corrected chi connectivity index (χ3v) is 5.06. The van der Waals surface area contributed by atoms with Gasteiger partial charge in [-0.15, -0.1) is 0 Å². The van der Waals surface area contributed by atoms with Gasteiger partial charge in [-0.2, -0.15) is 0 Å². The molecule has 0 radical (unpaired) electrons. The Bertz CT molecular complexity index is 800. The number of nitrogens with one attached hydrogen (secondary N) is 1. The van der Waals surface area contributed by atoms with Crippen LogP contribution in [0.5, 0.6) is 0 Å². The molecule has 4 rings (SSSR count). The number of aromatic nitrogens is 1. The van der Waals surface area contributed by atoms with Crippen LogP contribution >= 0.6 is 0 Å². The SMILES string of the molecule is CC1CC(NC(=O)c2onc3c2CCCC3)C(=O)N1c1ccccc1. The zero-order chi connectivity index (χ0) is 17.4. The molecule has 1 saturated heterocycles. The Labute approximate surface area is 146 Å². The molecule has 0 saturated carbocycles. The largest absolute Gasteiger partial charge is 0.350 e. The van der Waals surface area contributed by atoms with Crippen molar-refractivity contribution in [3.63, 3.8) is 0 Å². The highest BCUT2D eigenvalue weighted by Crippen LogP contribution is 2.28. The van der Waals surface area contributed by atoms with E-state index < -0.39 is 6.04 Å². The smallest absolute Gasteiger partial charge is 0.290 e. The maximum absolute atomic E-state index is 12.8. The molecule has 0 spiro atoms. The van der Waals surface area contributed by atoms with E-state index in [1.165, 1.54) is 0 Å². The molecule has 2 atom stereocenters. The third-order valence-electron chi connectivity index (χ3n) is 5.06. The van der Waals surface area contributed by atoms with E-state index in [4.69, 9.17) is 4.52 Å². The fraction of sp³-hybridized carbons (Fsp3) is 0.421. The van der Waals surface area contributed by atoms with E-state index >= 15 is 0 Å². The lowest BCUT2D eigenvalue weighted by molar-refractivity contribution is -0.118. The summed E-state index contributed by atoms with van der Waals surface area (Å²) in [5.41, 5.74) is 2.64. The number of carbonyl (C=O) groups excluding carboxylic acids is 2. The first-order valence-electron chi connectivity index (χ1n) is 8.81. The molecule has 1 N–H and O–H groups in total. The van der Waals surface area contributed by atoms with Crippen molar-refractivity contribution in [1.82, 2.24) is 10.5 Å². The molecule has 2 aliphatic rings. The van der Waals surface area contributed by atoms with Gasteiger partial charge in [-0.05, 0) is 51.2 Å². The zero-order valence-corrected chi connectivity index (χ0v) is 14.2. The molecule has 6 nitrogen and oxygen atoms in total. The van der Waals surface area contributed by atoms with Crippen molar-refractivity contribution < 1.29 is 14.1 Å². The van der Waals surface area contributed by atoms with Gasteiger partial charge >= 0.3 is 0 Å². The van der Waals surface area contributed by atoms with Crippen molar-refractivity contribution in [2.24, 2.45) is 0 Å². The number of nitrogens with zero attached hydrogens (tertiary/aromatic N) is 2. The number of anilines is 1. The zero-order valence-electron chi connectivity index (χ0n) is 14.2. The van der Waals surface area contributed by atoms with E-state index in [1.54, 1.807) is 4.90 Å². The highest BCUT2D eigenvalue weighted by molar-refractivity contribution is 6.04. The lowest BCUT2D eigenvalue weighted by atomic mass is 9.96. The molecule has 1 aliphatic carbocycles. The minimum Gasteiger partial charge on any atom is -0.350 e. The van der Waals surface area contributed by atoms with Gasteiger partial charge in [-0.25, -0.2) is 0 Å². The quantitative estimate of drug-likeness (QED) is 0.932. The number of hydrogen-bond donors (Lipinski definition) is 1. The van der Waals surface area contributed by atoms with Gasteiger partial charge in [-0.3, -0.25) is 9.59 Å². The second-order valence-corrected chi connectivity index (χ2v) is 6.80. The van der Waals surface area contributed by atoms with Crippen LogP contribution in [0.25, 0.3) is 0 Å². The monoisotopic (exact) mass is 339 g/mol. The first kappa shape index (κ1) is 15.9. The lowest BCUT2D eigenvalue weighted by Crippen LogP contribution is -2.42. The Morgan fingerprint density at radius 1 is 1.24 bits per heavy atom. The number of rotatable bonds is 3. The van der Waals surface area contributed by atoms with Crippen LogP contribution in [0.4, 0.5) is 5.69 Å². The molecule has 0 bridgehead atoms. The van der Waals surface area contributed by atoms with Crippen LogP contribution in [0.2, 0.25) is 0 Å². The molecule has 2 heterocycles. The minimum absolute atomic E-state index is 0.0313. The van der Waals surface area contributed by atoms with E-state index in [9.17, 15) is 9.59 Å². The van der Waals surface area contributed by atoms with Crippen LogP contribution in [0.15, 0.2) is 34.9 Å². The van der Waals surface area contributed by atoms with Crippen LogP contribution in [-0.4, -0.2) is 29.1 Å². The summed E-state index contributed by atoms with van der Waals surface area (Å²) in [6.07, 6.45) is 4.36. The van der Waals surface area contributed by atoms with Gasteiger partial charge in [-0.1, -0.05) is 23.4 Å². The Kier molecular flexibility index (Phi) is 4.03. The second kappa shape index (κ2) is 6.35. The maximum Gasteiger partial charge on any atom is 0.290 e. The topological polar surface area (TPSA) is 75.4 Å². The Balaban J connectivity index is 1.51. The van der Waals surface area contributed by atoms with Gasteiger partial charge in [0, 0.05) is 17.3 Å². The summed E-state index contributed by atoms with van der Waals surface area (Å²) in [4.78, 5) is 27.1. The summed E-state index contributed by atoms with van der Waals surface area (Å²) in [7, 11) is 0. The van der Waals surface area contributed by atoms with Gasteiger partial charge < -0.3 is 14.7 Å². The molecule has 130 valence electrons. The normalized spacial score (nSPS) is 22.8. The summed E-state index contributed by atoms with van der Waals surface area (Å²) in [6.45, 7) is 1.99. The minimum atomic E-state index is -0.535. The van der Waals surface area contributed by atoms with E-state index in [1.807, 2.05) is 37.3 Å². The van der Waals surface area contributed by atoms with Gasteiger partial charge in [0.1, 0.15) is 6.04 Å². The van der Waals surface area contributed by atoms with Crippen LogP contribution in [0.3, 0.4) is 0 Å². The molecule has 2 amide bonds. The van der Waals surface area contributed by atoms with Gasteiger partial charge in [0.25, 0.3) is 5.91 Å². The molecule has 1 aromatic carbocycles. The van der Waals surface area contributed by atoms with Crippen molar-refractivity contribution in [2.75, 3.05) is 4.90 Å². The van der Waals surface area contributed by atoms with Crippen molar-refractivity contribution in [3.8, 4) is 0 Å². The highest BCUT2D eigenvalue weighted by atomic mass is 16.5. The lowest BCUT2D eigenvalue weighted by Gasteiger charge is -2.21. The predicted octanol–water partition coefficient (Wildman–Crippen LogP) is 2.48. The highest BCUT2D eigenvalue weighted by Gasteiger charge is 2.39. The number of carbonyl (C=O) groups is 2.